The zero-order chi connectivity index (χ0) is 13.5. The third kappa shape index (κ3) is 4.26. The van der Waals surface area contributed by atoms with Gasteiger partial charge in [0.2, 0.25) is 5.91 Å². The van der Waals surface area contributed by atoms with Gasteiger partial charge in [-0.15, -0.1) is 0 Å². The summed E-state index contributed by atoms with van der Waals surface area (Å²) in [6.07, 6.45) is 4.01. The van der Waals surface area contributed by atoms with Crippen LogP contribution in [-0.4, -0.2) is 54.2 Å². The van der Waals surface area contributed by atoms with Crippen LogP contribution in [0.15, 0.2) is 12.2 Å². The minimum atomic E-state index is -0.0776. The molecule has 0 saturated carbocycles. The maximum Gasteiger partial charge on any atom is 0.237 e. The van der Waals surface area contributed by atoms with E-state index in [0.717, 1.165) is 37.7 Å². The van der Waals surface area contributed by atoms with E-state index >= 15 is 0 Å². The topological polar surface area (TPSA) is 40.6 Å². The monoisotopic (exact) mass is 252 g/mol. The summed E-state index contributed by atoms with van der Waals surface area (Å²) in [4.78, 5) is 26.9. The highest BCUT2D eigenvalue weighted by Gasteiger charge is 2.25. The molecule has 0 aromatic carbocycles. The molecule has 0 radical (unpaired) electrons. The van der Waals surface area contributed by atoms with Gasteiger partial charge in [-0.1, -0.05) is 18.6 Å². The van der Waals surface area contributed by atoms with Crippen molar-refractivity contribution >= 4 is 12.2 Å². The lowest BCUT2D eigenvalue weighted by molar-refractivity contribution is -0.133. The molecule has 1 unspecified atom stereocenters. The fraction of sp³-hybridized carbons (Fsp3) is 0.714. The Labute approximate surface area is 110 Å². The van der Waals surface area contributed by atoms with Gasteiger partial charge >= 0.3 is 0 Å². The van der Waals surface area contributed by atoms with Gasteiger partial charge in [0, 0.05) is 13.1 Å². The number of nitrogens with zero attached hydrogens (tertiary/aromatic N) is 2. The van der Waals surface area contributed by atoms with Crippen molar-refractivity contribution in [1.29, 1.82) is 0 Å². The molecule has 1 atom stereocenters. The molecule has 102 valence electrons. The average molecular weight is 252 g/mol. The molecule has 1 aliphatic rings. The number of rotatable bonds is 6. The standard InChI is InChI=1S/C14H24N2O2/c1-4-15(9-12(2)3)14(18)10-16-8-6-5-7-13(16)11-17/h11,13H,2,4-10H2,1,3H3. The first-order chi connectivity index (χ1) is 8.58. The van der Waals surface area contributed by atoms with Crippen LogP contribution in [0.2, 0.25) is 0 Å². The van der Waals surface area contributed by atoms with Crippen LogP contribution in [0.3, 0.4) is 0 Å². The third-order valence-corrected chi connectivity index (χ3v) is 3.35. The van der Waals surface area contributed by atoms with Crippen LogP contribution < -0.4 is 0 Å². The van der Waals surface area contributed by atoms with Crippen molar-refractivity contribution in [2.75, 3.05) is 26.2 Å². The highest BCUT2D eigenvalue weighted by atomic mass is 16.2. The molecule has 0 aromatic rings. The van der Waals surface area contributed by atoms with Crippen LogP contribution in [0.1, 0.15) is 33.1 Å². The van der Waals surface area contributed by atoms with E-state index in [1.807, 2.05) is 18.7 Å². The number of hydrogen-bond acceptors (Lipinski definition) is 3. The first kappa shape index (κ1) is 14.9. The van der Waals surface area contributed by atoms with Crippen molar-refractivity contribution in [3.63, 3.8) is 0 Å². The van der Waals surface area contributed by atoms with Crippen molar-refractivity contribution < 1.29 is 9.59 Å². The molecule has 0 spiro atoms. The quantitative estimate of drug-likeness (QED) is 0.531. The molecule has 1 aliphatic heterocycles. The smallest absolute Gasteiger partial charge is 0.237 e. The summed E-state index contributed by atoms with van der Waals surface area (Å²) in [5.41, 5.74) is 0.982. The highest BCUT2D eigenvalue weighted by Crippen LogP contribution is 2.15. The molecule has 4 heteroatoms. The summed E-state index contributed by atoms with van der Waals surface area (Å²) < 4.78 is 0. The Morgan fingerprint density at radius 3 is 2.78 bits per heavy atom. The zero-order valence-corrected chi connectivity index (χ0v) is 11.5. The van der Waals surface area contributed by atoms with Gasteiger partial charge in [0.15, 0.2) is 0 Å². The Bertz CT molecular complexity index is 315. The van der Waals surface area contributed by atoms with E-state index in [2.05, 4.69) is 6.58 Å². The number of likely N-dealkylation sites (tertiary alicyclic amines) is 1. The minimum absolute atomic E-state index is 0.0776. The van der Waals surface area contributed by atoms with E-state index in [1.165, 1.54) is 0 Å². The summed E-state index contributed by atoms with van der Waals surface area (Å²) in [6, 6.07) is -0.0776. The minimum Gasteiger partial charge on any atom is -0.338 e. The first-order valence-electron chi connectivity index (χ1n) is 6.70. The molecular weight excluding hydrogens is 228 g/mol. The third-order valence-electron chi connectivity index (χ3n) is 3.35. The molecule has 18 heavy (non-hydrogen) atoms. The number of hydrogen-bond donors (Lipinski definition) is 0. The Hall–Kier alpha value is -1.16. The molecule has 1 saturated heterocycles. The summed E-state index contributed by atoms with van der Waals surface area (Å²) in [6.45, 7) is 10.2. The Kier molecular flexibility index (Phi) is 6.05. The Morgan fingerprint density at radius 1 is 1.50 bits per heavy atom. The van der Waals surface area contributed by atoms with E-state index in [4.69, 9.17) is 0 Å². The van der Waals surface area contributed by atoms with Gasteiger partial charge in [-0.05, 0) is 33.2 Å². The first-order valence-corrected chi connectivity index (χ1v) is 6.70. The summed E-state index contributed by atoms with van der Waals surface area (Å²) in [5, 5.41) is 0. The van der Waals surface area contributed by atoms with Gasteiger partial charge in [-0.3, -0.25) is 9.69 Å². The molecule has 1 rings (SSSR count). The number of aldehydes is 1. The van der Waals surface area contributed by atoms with Crippen molar-refractivity contribution in [2.45, 2.75) is 39.2 Å². The fourth-order valence-electron chi connectivity index (χ4n) is 2.34. The highest BCUT2D eigenvalue weighted by molar-refractivity contribution is 5.79. The van der Waals surface area contributed by atoms with Crippen LogP contribution in [0, 0.1) is 0 Å². The maximum atomic E-state index is 12.2. The van der Waals surface area contributed by atoms with E-state index < -0.39 is 0 Å². The van der Waals surface area contributed by atoms with Gasteiger partial charge in [-0.2, -0.15) is 0 Å². The molecular formula is C14H24N2O2. The summed E-state index contributed by atoms with van der Waals surface area (Å²) in [7, 11) is 0. The SMILES string of the molecule is C=C(C)CN(CC)C(=O)CN1CCCCC1C=O. The van der Waals surface area contributed by atoms with E-state index in [-0.39, 0.29) is 11.9 Å². The Morgan fingerprint density at radius 2 is 2.22 bits per heavy atom. The van der Waals surface area contributed by atoms with Gasteiger partial charge < -0.3 is 9.69 Å². The molecule has 1 heterocycles. The molecule has 0 aliphatic carbocycles. The molecule has 0 bridgehead atoms. The van der Waals surface area contributed by atoms with E-state index in [0.29, 0.717) is 19.6 Å². The molecule has 1 fully saturated rings. The van der Waals surface area contributed by atoms with Crippen LogP contribution in [0.25, 0.3) is 0 Å². The fourth-order valence-corrected chi connectivity index (χ4v) is 2.34. The van der Waals surface area contributed by atoms with E-state index in [9.17, 15) is 9.59 Å². The predicted molar refractivity (Wildman–Crippen MR) is 72.3 cm³/mol. The number of carbonyl (C=O) groups is 2. The molecule has 4 nitrogen and oxygen atoms in total. The number of carbonyl (C=O) groups excluding carboxylic acids is 2. The van der Waals surface area contributed by atoms with Gasteiger partial charge in [0.1, 0.15) is 6.29 Å². The van der Waals surface area contributed by atoms with Crippen molar-refractivity contribution in [2.24, 2.45) is 0 Å². The molecule has 0 N–H and O–H groups in total. The second kappa shape index (κ2) is 7.31. The lowest BCUT2D eigenvalue weighted by Crippen LogP contribution is -2.47. The van der Waals surface area contributed by atoms with E-state index in [1.54, 1.807) is 4.90 Å². The number of amides is 1. The lowest BCUT2D eigenvalue weighted by Gasteiger charge is -2.33. The van der Waals surface area contributed by atoms with Gasteiger partial charge in [-0.25, -0.2) is 0 Å². The second-order valence-electron chi connectivity index (χ2n) is 5.03. The Balaban J connectivity index is 2.55. The predicted octanol–water partition coefficient (Wildman–Crippen LogP) is 1.46. The largest absolute Gasteiger partial charge is 0.338 e. The summed E-state index contributed by atoms with van der Waals surface area (Å²) >= 11 is 0. The average Bonchev–Trinajstić information content (AvgIpc) is 2.36. The number of piperidine rings is 1. The van der Waals surface area contributed by atoms with Crippen molar-refractivity contribution in [3.05, 3.63) is 12.2 Å². The lowest BCUT2D eigenvalue weighted by atomic mass is 10.0. The molecule has 1 amide bonds. The van der Waals surface area contributed by atoms with Gasteiger partial charge in [0.25, 0.3) is 0 Å². The van der Waals surface area contributed by atoms with Gasteiger partial charge in [0.05, 0.1) is 12.6 Å². The van der Waals surface area contributed by atoms with Crippen molar-refractivity contribution in [1.82, 2.24) is 9.80 Å². The zero-order valence-electron chi connectivity index (χ0n) is 11.5. The molecule has 0 aromatic heterocycles. The van der Waals surface area contributed by atoms with Crippen LogP contribution in [0.5, 0.6) is 0 Å². The number of likely N-dealkylation sites (N-methyl/N-ethyl adjacent to an activating group) is 1. The van der Waals surface area contributed by atoms with Crippen LogP contribution >= 0.6 is 0 Å². The maximum absolute atomic E-state index is 12.2. The summed E-state index contributed by atoms with van der Waals surface area (Å²) in [5.74, 6) is 0.0919. The van der Waals surface area contributed by atoms with Crippen LogP contribution in [0.4, 0.5) is 0 Å². The van der Waals surface area contributed by atoms with Crippen molar-refractivity contribution in [3.8, 4) is 0 Å². The van der Waals surface area contributed by atoms with Crippen LogP contribution in [-0.2, 0) is 9.59 Å². The second-order valence-corrected chi connectivity index (χ2v) is 5.03. The normalized spacial score (nSPS) is 20.4.